The molecular weight excluding hydrogens is 262 g/mol. The fraction of sp³-hybridized carbons (Fsp3) is 0.750. The van der Waals surface area contributed by atoms with Gasteiger partial charge in [-0.2, -0.15) is 0 Å². The highest BCUT2D eigenvalue weighted by Gasteiger charge is 2.24. The lowest BCUT2D eigenvalue weighted by Crippen LogP contribution is -2.32. The average Bonchev–Trinajstić information content (AvgIpc) is 2.57. The van der Waals surface area contributed by atoms with E-state index in [1.807, 2.05) is 0 Å². The maximum absolute atomic E-state index is 4.81. The van der Waals surface area contributed by atoms with Crippen molar-refractivity contribution in [2.75, 3.05) is 33.7 Å². The maximum atomic E-state index is 4.81. The Labute approximate surface area is 128 Å². The van der Waals surface area contributed by atoms with Crippen molar-refractivity contribution < 1.29 is 0 Å². The largest absolute Gasteiger partial charge is 0.309 e. The van der Waals surface area contributed by atoms with Crippen LogP contribution in [0.2, 0.25) is 0 Å². The zero-order chi connectivity index (χ0) is 15.4. The molecule has 0 spiro atoms. The molecule has 1 aromatic rings. The predicted octanol–water partition coefficient (Wildman–Crippen LogP) is 1.59. The van der Waals surface area contributed by atoms with E-state index in [1.165, 1.54) is 6.42 Å². The molecule has 1 aromatic heterocycles. The predicted molar refractivity (Wildman–Crippen MR) is 86.2 cm³/mol. The minimum atomic E-state index is 0.287. The second kappa shape index (κ2) is 7.29. The first-order valence-corrected chi connectivity index (χ1v) is 7.92. The van der Waals surface area contributed by atoms with E-state index in [2.05, 4.69) is 56.0 Å². The summed E-state index contributed by atoms with van der Waals surface area (Å²) in [7, 11) is 4.37. The number of aryl methyl sites for hydroxylation is 1. The lowest BCUT2D eigenvalue weighted by molar-refractivity contribution is 0.219. The van der Waals surface area contributed by atoms with Crippen LogP contribution in [-0.2, 0) is 6.54 Å². The van der Waals surface area contributed by atoms with Gasteiger partial charge in [0.05, 0.1) is 11.7 Å². The molecule has 1 unspecified atom stereocenters. The Balaban J connectivity index is 2.20. The van der Waals surface area contributed by atoms with Crippen molar-refractivity contribution in [2.45, 2.75) is 45.8 Å². The van der Waals surface area contributed by atoms with Gasteiger partial charge in [0.15, 0.2) is 0 Å². The van der Waals surface area contributed by atoms with E-state index in [1.54, 1.807) is 0 Å². The van der Waals surface area contributed by atoms with E-state index in [0.717, 1.165) is 43.4 Å². The van der Waals surface area contributed by atoms with Gasteiger partial charge in [0.25, 0.3) is 0 Å². The van der Waals surface area contributed by atoms with Crippen LogP contribution in [0.4, 0.5) is 0 Å². The van der Waals surface area contributed by atoms with Crippen molar-refractivity contribution in [1.29, 1.82) is 0 Å². The van der Waals surface area contributed by atoms with Crippen molar-refractivity contribution in [2.24, 2.45) is 0 Å². The summed E-state index contributed by atoms with van der Waals surface area (Å²) >= 11 is 0. The molecule has 0 bridgehead atoms. The fourth-order valence-corrected chi connectivity index (χ4v) is 2.76. The molecule has 5 nitrogen and oxygen atoms in total. The van der Waals surface area contributed by atoms with Gasteiger partial charge in [-0.1, -0.05) is 13.8 Å². The molecule has 1 aliphatic heterocycles. The Morgan fingerprint density at radius 2 is 2.05 bits per heavy atom. The zero-order valence-electron chi connectivity index (χ0n) is 14.1. The molecule has 0 saturated carbocycles. The number of likely N-dealkylation sites (N-methyl/N-ethyl adjacent to an activating group) is 2. The average molecular weight is 291 g/mol. The number of nitrogens with one attached hydrogen (secondary N) is 1. The molecule has 1 N–H and O–H groups in total. The second-order valence-electron chi connectivity index (χ2n) is 6.51. The van der Waals surface area contributed by atoms with Crippen LogP contribution in [0.3, 0.4) is 0 Å². The van der Waals surface area contributed by atoms with Gasteiger partial charge in [-0.3, -0.25) is 4.90 Å². The van der Waals surface area contributed by atoms with E-state index < -0.39 is 0 Å². The molecule has 0 radical (unpaired) electrons. The molecule has 5 heteroatoms. The summed E-state index contributed by atoms with van der Waals surface area (Å²) in [5, 5.41) is 3.44. The van der Waals surface area contributed by atoms with E-state index in [-0.39, 0.29) is 6.04 Å². The molecule has 0 amide bonds. The Hall–Kier alpha value is -1.04. The number of hydrogen-bond acceptors (Lipinski definition) is 5. The monoisotopic (exact) mass is 291 g/mol. The summed E-state index contributed by atoms with van der Waals surface area (Å²) < 4.78 is 0. The molecule has 2 rings (SSSR count). The van der Waals surface area contributed by atoms with E-state index in [0.29, 0.717) is 6.04 Å². The smallest absolute Gasteiger partial charge is 0.147 e. The van der Waals surface area contributed by atoms with Crippen LogP contribution >= 0.6 is 0 Å². The second-order valence-corrected chi connectivity index (χ2v) is 6.51. The Morgan fingerprint density at radius 3 is 2.76 bits per heavy atom. The molecule has 2 heterocycles. The van der Waals surface area contributed by atoms with E-state index >= 15 is 0 Å². The van der Waals surface area contributed by atoms with Crippen molar-refractivity contribution in [3.63, 3.8) is 0 Å². The lowest BCUT2D eigenvalue weighted by atomic mass is 10.2. The summed E-state index contributed by atoms with van der Waals surface area (Å²) in [5.74, 6) is 0.965. The highest BCUT2D eigenvalue weighted by Crippen LogP contribution is 2.20. The minimum absolute atomic E-state index is 0.287. The minimum Gasteiger partial charge on any atom is -0.309 e. The standard InChI is InChI=1S/C16H29N5/c1-12(2)17-10-14-9-13(3)18-16(19-14)15-11-20(4)7-6-8-21(15)5/h9,12,15,17H,6-8,10-11H2,1-5H3. The zero-order valence-corrected chi connectivity index (χ0v) is 14.1. The third-order valence-electron chi connectivity index (χ3n) is 3.98. The van der Waals surface area contributed by atoms with Crippen molar-refractivity contribution in [3.8, 4) is 0 Å². The maximum Gasteiger partial charge on any atom is 0.147 e. The topological polar surface area (TPSA) is 44.3 Å². The summed E-state index contributed by atoms with van der Waals surface area (Å²) in [6.07, 6.45) is 1.21. The van der Waals surface area contributed by atoms with Crippen LogP contribution in [0.25, 0.3) is 0 Å². The Morgan fingerprint density at radius 1 is 1.29 bits per heavy atom. The van der Waals surface area contributed by atoms with Gasteiger partial charge in [0.1, 0.15) is 5.82 Å². The highest BCUT2D eigenvalue weighted by atomic mass is 15.2. The molecule has 0 aromatic carbocycles. The normalized spacial score (nSPS) is 21.7. The van der Waals surface area contributed by atoms with Crippen LogP contribution in [0, 0.1) is 6.92 Å². The van der Waals surface area contributed by atoms with Gasteiger partial charge in [0, 0.05) is 24.8 Å². The third kappa shape index (κ3) is 4.73. The first-order valence-electron chi connectivity index (χ1n) is 7.92. The van der Waals surface area contributed by atoms with Crippen molar-refractivity contribution in [3.05, 3.63) is 23.3 Å². The summed E-state index contributed by atoms with van der Waals surface area (Å²) in [5.41, 5.74) is 2.15. The lowest BCUT2D eigenvalue weighted by Gasteiger charge is -2.26. The van der Waals surface area contributed by atoms with E-state index in [9.17, 15) is 0 Å². The molecule has 1 aliphatic rings. The Kier molecular flexibility index (Phi) is 5.67. The van der Waals surface area contributed by atoms with Gasteiger partial charge in [-0.05, 0) is 46.6 Å². The van der Waals surface area contributed by atoms with Crippen LogP contribution in [0.1, 0.15) is 43.5 Å². The quantitative estimate of drug-likeness (QED) is 0.913. The van der Waals surface area contributed by atoms with Crippen LogP contribution in [-0.4, -0.2) is 59.5 Å². The van der Waals surface area contributed by atoms with Crippen LogP contribution in [0.5, 0.6) is 0 Å². The molecule has 1 fully saturated rings. The van der Waals surface area contributed by atoms with Crippen LogP contribution < -0.4 is 5.32 Å². The number of rotatable bonds is 4. The van der Waals surface area contributed by atoms with Gasteiger partial charge >= 0.3 is 0 Å². The Bertz CT molecular complexity index is 460. The summed E-state index contributed by atoms with van der Waals surface area (Å²) in [4.78, 5) is 14.3. The molecule has 0 aliphatic carbocycles. The molecule has 21 heavy (non-hydrogen) atoms. The first kappa shape index (κ1) is 16.3. The first-order chi connectivity index (χ1) is 9.95. The molecular formula is C16H29N5. The molecule has 1 atom stereocenters. The van der Waals surface area contributed by atoms with Crippen molar-refractivity contribution in [1.82, 2.24) is 25.1 Å². The van der Waals surface area contributed by atoms with Gasteiger partial charge in [-0.15, -0.1) is 0 Å². The van der Waals surface area contributed by atoms with Gasteiger partial charge in [-0.25, -0.2) is 9.97 Å². The third-order valence-corrected chi connectivity index (χ3v) is 3.98. The summed E-state index contributed by atoms with van der Waals surface area (Å²) in [6.45, 7) is 10.4. The molecule has 1 saturated heterocycles. The fourth-order valence-electron chi connectivity index (χ4n) is 2.76. The summed E-state index contributed by atoms with van der Waals surface area (Å²) in [6, 6.07) is 2.84. The SMILES string of the molecule is Cc1cc(CNC(C)C)nc(C2CN(C)CCCN2C)n1. The van der Waals surface area contributed by atoms with Gasteiger partial charge in [0.2, 0.25) is 0 Å². The van der Waals surface area contributed by atoms with E-state index in [4.69, 9.17) is 9.97 Å². The highest BCUT2D eigenvalue weighted by molar-refractivity contribution is 5.12. The number of nitrogens with zero attached hydrogens (tertiary/aromatic N) is 4. The van der Waals surface area contributed by atoms with Crippen molar-refractivity contribution >= 4 is 0 Å². The number of aromatic nitrogens is 2. The number of hydrogen-bond donors (Lipinski definition) is 1. The van der Waals surface area contributed by atoms with Crippen LogP contribution in [0.15, 0.2) is 6.07 Å². The molecule has 118 valence electrons. The van der Waals surface area contributed by atoms with Gasteiger partial charge < -0.3 is 10.2 Å².